The first-order chi connectivity index (χ1) is 25.9. The Balaban J connectivity index is 0.000000166. The van der Waals surface area contributed by atoms with Crippen molar-refractivity contribution >= 4 is 21.9 Å². The third kappa shape index (κ3) is 7.61. The van der Waals surface area contributed by atoms with Crippen molar-refractivity contribution in [2.75, 3.05) is 0 Å². The van der Waals surface area contributed by atoms with Crippen LogP contribution in [0.1, 0.15) is 45.6 Å². The molecule has 7 aromatic rings. The standard InChI is InChI=1S/C28H24.C22H19N3/c1-19-8-3-5-11-24(19)28-20(2)14-15-22-16-17-23(18-27(22)28)26-13-7-10-21-9-4-6-12-25(21)26;1-4-10-17(5-2)20-23-21(18-12-7-6-8-13-18)25-22(24-20)19-14-9-11-16(3)15-19/h3-6,8-9,11-18H,7,10H2,1-2H3;4-15H,1-2H2,3H3/b;17-10+. The predicted molar refractivity (Wildman–Crippen MR) is 225 cm³/mol. The summed E-state index contributed by atoms with van der Waals surface area (Å²) in [6, 6.07) is 47.1. The van der Waals surface area contributed by atoms with E-state index in [1.54, 1.807) is 12.2 Å². The molecule has 1 heterocycles. The summed E-state index contributed by atoms with van der Waals surface area (Å²) in [5.74, 6) is 1.86. The molecule has 0 fully saturated rings. The van der Waals surface area contributed by atoms with E-state index in [0.717, 1.165) is 35.1 Å². The van der Waals surface area contributed by atoms with Gasteiger partial charge in [-0.2, -0.15) is 0 Å². The topological polar surface area (TPSA) is 38.7 Å². The van der Waals surface area contributed by atoms with Crippen LogP contribution in [0.5, 0.6) is 0 Å². The van der Waals surface area contributed by atoms with Gasteiger partial charge in [-0.05, 0) is 101 Å². The van der Waals surface area contributed by atoms with Crippen LogP contribution in [-0.4, -0.2) is 15.0 Å². The Labute approximate surface area is 313 Å². The molecule has 1 aliphatic carbocycles. The highest BCUT2D eigenvalue weighted by atomic mass is 15.0. The summed E-state index contributed by atoms with van der Waals surface area (Å²) >= 11 is 0. The Bertz CT molecular complexity index is 2520. The van der Waals surface area contributed by atoms with Gasteiger partial charge in [-0.25, -0.2) is 15.0 Å². The van der Waals surface area contributed by atoms with Gasteiger partial charge in [0.1, 0.15) is 0 Å². The third-order valence-corrected chi connectivity index (χ3v) is 9.74. The van der Waals surface area contributed by atoms with Gasteiger partial charge in [0.05, 0.1) is 0 Å². The SMILES string of the molecule is C=C/C=C(\C=C)c1nc(-c2ccccc2)nc(-c2cccc(C)c2)n1.Cc1ccccc1-c1c(C)ccc2ccc(C3=CCCc4ccccc43)cc12. The molecule has 8 rings (SSSR count). The zero-order valence-corrected chi connectivity index (χ0v) is 30.7. The van der Waals surface area contributed by atoms with Crippen molar-refractivity contribution < 1.29 is 0 Å². The highest BCUT2D eigenvalue weighted by Gasteiger charge is 2.16. The molecule has 0 saturated heterocycles. The summed E-state index contributed by atoms with van der Waals surface area (Å²) in [4.78, 5) is 14.0. The Morgan fingerprint density at radius 3 is 2.06 bits per heavy atom. The van der Waals surface area contributed by atoms with Crippen LogP contribution < -0.4 is 0 Å². The molecule has 0 N–H and O–H groups in total. The lowest BCUT2D eigenvalue weighted by Gasteiger charge is -2.19. The van der Waals surface area contributed by atoms with Crippen LogP contribution in [0.25, 0.3) is 55.8 Å². The minimum atomic E-state index is 0.584. The molecule has 0 atom stereocenters. The first-order valence-electron chi connectivity index (χ1n) is 18.2. The van der Waals surface area contributed by atoms with Crippen LogP contribution in [0.3, 0.4) is 0 Å². The lowest BCUT2D eigenvalue weighted by Crippen LogP contribution is -2.02. The van der Waals surface area contributed by atoms with Gasteiger partial charge in [-0.15, -0.1) is 0 Å². The van der Waals surface area contributed by atoms with E-state index in [9.17, 15) is 0 Å². The number of hydrogen-bond donors (Lipinski definition) is 0. The molecule has 258 valence electrons. The highest BCUT2D eigenvalue weighted by Crippen LogP contribution is 2.38. The normalized spacial score (nSPS) is 12.3. The van der Waals surface area contributed by atoms with Crippen molar-refractivity contribution in [2.24, 2.45) is 0 Å². The summed E-state index contributed by atoms with van der Waals surface area (Å²) in [7, 11) is 0. The van der Waals surface area contributed by atoms with E-state index in [1.807, 2.05) is 48.5 Å². The Morgan fingerprint density at radius 2 is 1.30 bits per heavy atom. The molecule has 0 radical (unpaired) electrons. The first kappa shape index (κ1) is 35.0. The van der Waals surface area contributed by atoms with Crippen LogP contribution in [0.2, 0.25) is 0 Å². The van der Waals surface area contributed by atoms with Crippen molar-refractivity contribution in [3.8, 4) is 33.9 Å². The fraction of sp³-hybridized carbons (Fsp3) is 0.100. The number of aromatic nitrogens is 3. The Hall–Kier alpha value is -6.45. The van der Waals surface area contributed by atoms with Crippen molar-refractivity contribution in [3.63, 3.8) is 0 Å². The zero-order chi connectivity index (χ0) is 36.7. The second-order valence-corrected chi connectivity index (χ2v) is 13.4. The van der Waals surface area contributed by atoms with Gasteiger partial charge < -0.3 is 0 Å². The van der Waals surface area contributed by atoms with Crippen LogP contribution in [-0.2, 0) is 6.42 Å². The molecule has 0 saturated carbocycles. The maximum absolute atomic E-state index is 4.68. The van der Waals surface area contributed by atoms with Crippen LogP contribution in [0.15, 0.2) is 171 Å². The molecule has 0 aliphatic heterocycles. The summed E-state index contributed by atoms with van der Waals surface area (Å²) in [5, 5.41) is 2.65. The fourth-order valence-electron chi connectivity index (χ4n) is 7.06. The van der Waals surface area contributed by atoms with E-state index < -0.39 is 0 Å². The molecule has 0 unspecified atom stereocenters. The third-order valence-electron chi connectivity index (χ3n) is 9.74. The van der Waals surface area contributed by atoms with E-state index in [4.69, 9.17) is 0 Å². The van der Waals surface area contributed by atoms with E-state index in [-0.39, 0.29) is 0 Å². The van der Waals surface area contributed by atoms with Gasteiger partial charge in [0.25, 0.3) is 0 Å². The lowest BCUT2D eigenvalue weighted by molar-refractivity contribution is 0.978. The maximum Gasteiger partial charge on any atom is 0.164 e. The first-order valence-corrected chi connectivity index (χ1v) is 18.2. The smallest absolute Gasteiger partial charge is 0.164 e. The van der Waals surface area contributed by atoms with E-state index in [1.165, 1.54) is 55.3 Å². The van der Waals surface area contributed by atoms with Crippen molar-refractivity contribution in [1.29, 1.82) is 0 Å². The average molecular weight is 686 g/mol. The molecular formula is C50H43N3. The second-order valence-electron chi connectivity index (χ2n) is 13.4. The largest absolute Gasteiger partial charge is 0.208 e. The maximum atomic E-state index is 4.68. The van der Waals surface area contributed by atoms with Crippen molar-refractivity contribution in [2.45, 2.75) is 33.6 Å². The van der Waals surface area contributed by atoms with Crippen LogP contribution in [0.4, 0.5) is 0 Å². The van der Waals surface area contributed by atoms with Gasteiger partial charge in [0.2, 0.25) is 0 Å². The number of rotatable bonds is 7. The number of hydrogen-bond acceptors (Lipinski definition) is 3. The summed E-state index contributed by atoms with van der Waals surface area (Å²) in [5.41, 5.74) is 14.8. The molecule has 6 aromatic carbocycles. The summed E-state index contributed by atoms with van der Waals surface area (Å²) in [6.45, 7) is 14.1. The number of aryl methyl sites for hydroxylation is 4. The molecular weight excluding hydrogens is 643 g/mol. The Kier molecular flexibility index (Phi) is 10.5. The molecule has 1 aromatic heterocycles. The number of fused-ring (bicyclic) bond motifs is 2. The van der Waals surface area contributed by atoms with Crippen molar-refractivity contribution in [3.05, 3.63) is 210 Å². The molecule has 0 amide bonds. The quantitative estimate of drug-likeness (QED) is 0.157. The van der Waals surface area contributed by atoms with Crippen LogP contribution >= 0.6 is 0 Å². The minimum absolute atomic E-state index is 0.584. The van der Waals surface area contributed by atoms with Crippen LogP contribution in [0, 0.1) is 20.8 Å². The van der Waals surface area contributed by atoms with E-state index in [0.29, 0.717) is 17.5 Å². The molecule has 3 nitrogen and oxygen atoms in total. The average Bonchev–Trinajstić information content (AvgIpc) is 3.20. The van der Waals surface area contributed by atoms with Gasteiger partial charge >= 0.3 is 0 Å². The van der Waals surface area contributed by atoms with Gasteiger partial charge in [0, 0.05) is 16.7 Å². The number of allylic oxidation sites excluding steroid dienone is 5. The molecule has 0 bridgehead atoms. The highest BCUT2D eigenvalue weighted by molar-refractivity contribution is 6.01. The summed E-state index contributed by atoms with van der Waals surface area (Å²) in [6.07, 6.45) is 9.94. The predicted octanol–water partition coefficient (Wildman–Crippen LogP) is 12.8. The molecule has 0 spiro atoms. The molecule has 1 aliphatic rings. The second kappa shape index (κ2) is 15.8. The van der Waals surface area contributed by atoms with Gasteiger partial charge in [-0.1, -0.05) is 164 Å². The lowest BCUT2D eigenvalue weighted by atomic mass is 9.85. The van der Waals surface area contributed by atoms with Crippen molar-refractivity contribution in [1.82, 2.24) is 15.0 Å². The van der Waals surface area contributed by atoms with E-state index in [2.05, 4.69) is 146 Å². The molecule has 3 heteroatoms. The zero-order valence-electron chi connectivity index (χ0n) is 30.7. The molecule has 53 heavy (non-hydrogen) atoms. The minimum Gasteiger partial charge on any atom is -0.208 e. The van der Waals surface area contributed by atoms with E-state index >= 15 is 0 Å². The number of nitrogens with zero attached hydrogens (tertiary/aromatic N) is 3. The Morgan fingerprint density at radius 1 is 0.604 bits per heavy atom. The fourth-order valence-corrected chi connectivity index (χ4v) is 7.06. The van der Waals surface area contributed by atoms with Gasteiger partial charge in [-0.3, -0.25) is 0 Å². The monoisotopic (exact) mass is 685 g/mol. The number of benzene rings is 6. The summed E-state index contributed by atoms with van der Waals surface area (Å²) < 4.78 is 0. The van der Waals surface area contributed by atoms with Gasteiger partial charge in [0.15, 0.2) is 17.5 Å².